The lowest BCUT2D eigenvalue weighted by Crippen LogP contribution is -2.27. The van der Waals surface area contributed by atoms with Crippen LogP contribution in [0.15, 0.2) is 18.2 Å². The molecule has 6 nitrogen and oxygen atoms in total. The summed E-state index contributed by atoms with van der Waals surface area (Å²) in [4.78, 5) is 23.2. The highest BCUT2D eigenvalue weighted by Crippen LogP contribution is 2.25. The van der Waals surface area contributed by atoms with E-state index < -0.39 is 4.92 Å². The fourth-order valence-corrected chi connectivity index (χ4v) is 1.68. The molecule has 0 aromatic heterocycles. The van der Waals surface area contributed by atoms with Crippen LogP contribution in [0.5, 0.6) is 0 Å². The van der Waals surface area contributed by atoms with Crippen LogP contribution in [0, 0.1) is 17.0 Å². The Kier molecular flexibility index (Phi) is 2.47. The first-order valence-electron chi connectivity index (χ1n) is 4.90. The molecule has 16 heavy (non-hydrogen) atoms. The molecule has 0 atom stereocenters. The summed E-state index contributed by atoms with van der Waals surface area (Å²) in [7, 11) is 0. The lowest BCUT2D eigenvalue weighted by molar-refractivity contribution is -0.385. The van der Waals surface area contributed by atoms with Crippen molar-refractivity contribution in [1.29, 1.82) is 0 Å². The fourth-order valence-electron chi connectivity index (χ4n) is 1.68. The summed E-state index contributed by atoms with van der Waals surface area (Å²) in [5.74, 6) is 0. The van der Waals surface area contributed by atoms with Crippen LogP contribution >= 0.6 is 0 Å². The predicted molar refractivity (Wildman–Crippen MR) is 58.6 cm³/mol. The van der Waals surface area contributed by atoms with Crippen LogP contribution in [0.4, 0.5) is 16.2 Å². The number of nitro groups is 1. The molecule has 2 rings (SSSR count). The highest BCUT2D eigenvalue weighted by molar-refractivity contribution is 5.94. The fraction of sp³-hybridized carbons (Fsp3) is 0.300. The van der Waals surface area contributed by atoms with Gasteiger partial charge in [-0.05, 0) is 13.0 Å². The maximum absolute atomic E-state index is 11.4. The average molecular weight is 221 g/mol. The smallest absolute Gasteiger partial charge is 0.322 e. The third-order valence-electron chi connectivity index (χ3n) is 2.56. The van der Waals surface area contributed by atoms with Crippen LogP contribution in [0.2, 0.25) is 0 Å². The predicted octanol–water partition coefficient (Wildman–Crippen LogP) is 1.43. The van der Waals surface area contributed by atoms with Gasteiger partial charge >= 0.3 is 6.03 Å². The molecule has 1 saturated heterocycles. The number of rotatable bonds is 2. The number of hydrogen-bond donors (Lipinski definition) is 1. The number of amides is 2. The second-order valence-electron chi connectivity index (χ2n) is 3.61. The molecular formula is C10H11N3O3. The Hall–Kier alpha value is -2.11. The van der Waals surface area contributed by atoms with Crippen LogP contribution in [0.3, 0.4) is 0 Å². The molecule has 1 aliphatic rings. The zero-order valence-corrected chi connectivity index (χ0v) is 8.77. The van der Waals surface area contributed by atoms with Gasteiger partial charge in [0.1, 0.15) is 0 Å². The van der Waals surface area contributed by atoms with Crippen LogP contribution in [0.1, 0.15) is 5.56 Å². The van der Waals surface area contributed by atoms with E-state index >= 15 is 0 Å². The van der Waals surface area contributed by atoms with E-state index in [9.17, 15) is 14.9 Å². The molecule has 84 valence electrons. The van der Waals surface area contributed by atoms with Crippen molar-refractivity contribution in [2.75, 3.05) is 18.0 Å². The van der Waals surface area contributed by atoms with Gasteiger partial charge < -0.3 is 5.32 Å². The topological polar surface area (TPSA) is 75.5 Å². The lowest BCUT2D eigenvalue weighted by atomic mass is 10.2. The van der Waals surface area contributed by atoms with E-state index in [2.05, 4.69) is 5.32 Å². The number of aryl methyl sites for hydroxylation is 1. The molecule has 1 aromatic carbocycles. The molecule has 1 aromatic rings. The Bertz CT molecular complexity index is 459. The molecule has 0 unspecified atom stereocenters. The minimum Gasteiger partial charge on any atom is -0.336 e. The van der Waals surface area contributed by atoms with Crippen LogP contribution < -0.4 is 10.2 Å². The van der Waals surface area contributed by atoms with E-state index in [1.807, 2.05) is 0 Å². The van der Waals surface area contributed by atoms with Crippen LogP contribution in [0.25, 0.3) is 0 Å². The first kappa shape index (κ1) is 10.4. The first-order valence-corrected chi connectivity index (χ1v) is 4.90. The molecule has 0 aliphatic carbocycles. The summed E-state index contributed by atoms with van der Waals surface area (Å²) in [5, 5.41) is 13.4. The summed E-state index contributed by atoms with van der Waals surface area (Å²) < 4.78 is 0. The minimum atomic E-state index is -0.438. The second kappa shape index (κ2) is 3.80. The monoisotopic (exact) mass is 221 g/mol. The molecule has 1 heterocycles. The maximum atomic E-state index is 11.4. The third kappa shape index (κ3) is 1.69. The molecule has 0 saturated carbocycles. The van der Waals surface area contributed by atoms with Gasteiger partial charge in [-0.1, -0.05) is 6.07 Å². The number of anilines is 1. The lowest BCUT2D eigenvalue weighted by Gasteiger charge is -2.14. The minimum absolute atomic E-state index is 0.0391. The number of urea groups is 1. The molecule has 6 heteroatoms. The van der Waals surface area contributed by atoms with Crippen molar-refractivity contribution < 1.29 is 9.72 Å². The van der Waals surface area contributed by atoms with Gasteiger partial charge in [0.05, 0.1) is 10.6 Å². The van der Waals surface area contributed by atoms with Crippen molar-refractivity contribution in [3.05, 3.63) is 33.9 Å². The number of carbonyl (C=O) groups is 1. The molecule has 1 fully saturated rings. The van der Waals surface area contributed by atoms with Crippen molar-refractivity contribution in [3.63, 3.8) is 0 Å². The molecular weight excluding hydrogens is 210 g/mol. The van der Waals surface area contributed by atoms with Gasteiger partial charge in [-0.25, -0.2) is 4.79 Å². The normalized spacial score (nSPS) is 15.1. The molecule has 1 N–H and O–H groups in total. The molecule has 1 aliphatic heterocycles. The largest absolute Gasteiger partial charge is 0.336 e. The van der Waals surface area contributed by atoms with Crippen LogP contribution in [-0.2, 0) is 0 Å². The molecule has 0 spiro atoms. The number of nitro benzene ring substituents is 1. The van der Waals surface area contributed by atoms with Crippen molar-refractivity contribution in [1.82, 2.24) is 5.32 Å². The van der Waals surface area contributed by atoms with E-state index in [1.54, 1.807) is 19.1 Å². The zero-order chi connectivity index (χ0) is 11.7. The average Bonchev–Trinajstić information content (AvgIpc) is 2.65. The van der Waals surface area contributed by atoms with Gasteiger partial charge in [0.2, 0.25) is 0 Å². The van der Waals surface area contributed by atoms with Gasteiger partial charge in [0.25, 0.3) is 5.69 Å². The number of hydrogen-bond acceptors (Lipinski definition) is 3. The summed E-state index contributed by atoms with van der Waals surface area (Å²) >= 11 is 0. The number of nitrogens with one attached hydrogen (secondary N) is 1. The summed E-state index contributed by atoms with van der Waals surface area (Å²) in [6.45, 7) is 2.78. The van der Waals surface area contributed by atoms with E-state index in [1.165, 1.54) is 11.0 Å². The number of benzene rings is 1. The van der Waals surface area contributed by atoms with Crippen molar-refractivity contribution in [2.24, 2.45) is 0 Å². The SMILES string of the molecule is Cc1ccc(N2CCNC2=O)cc1[N+](=O)[O-]. The van der Waals surface area contributed by atoms with Crippen molar-refractivity contribution in [3.8, 4) is 0 Å². The Balaban J connectivity index is 2.39. The standard InChI is InChI=1S/C10H11N3O3/c1-7-2-3-8(6-9(7)13(15)16)12-5-4-11-10(12)14/h2-3,6H,4-5H2,1H3,(H,11,14). The van der Waals surface area contributed by atoms with Gasteiger partial charge in [0, 0.05) is 24.7 Å². The zero-order valence-electron chi connectivity index (χ0n) is 8.77. The van der Waals surface area contributed by atoms with Gasteiger partial charge in [-0.15, -0.1) is 0 Å². The van der Waals surface area contributed by atoms with E-state index in [0.717, 1.165) is 0 Å². The van der Waals surface area contributed by atoms with E-state index in [-0.39, 0.29) is 11.7 Å². The highest BCUT2D eigenvalue weighted by Gasteiger charge is 2.23. The highest BCUT2D eigenvalue weighted by atomic mass is 16.6. The van der Waals surface area contributed by atoms with Gasteiger partial charge in [0.15, 0.2) is 0 Å². The molecule has 0 radical (unpaired) electrons. The second-order valence-corrected chi connectivity index (χ2v) is 3.61. The third-order valence-corrected chi connectivity index (χ3v) is 2.56. The summed E-state index contributed by atoms with van der Waals surface area (Å²) in [6.07, 6.45) is 0. The van der Waals surface area contributed by atoms with Gasteiger partial charge in [-0.3, -0.25) is 15.0 Å². The van der Waals surface area contributed by atoms with Crippen LogP contribution in [-0.4, -0.2) is 24.0 Å². The van der Waals surface area contributed by atoms with E-state index in [4.69, 9.17) is 0 Å². The molecule has 0 bridgehead atoms. The number of carbonyl (C=O) groups excluding carboxylic acids is 1. The summed E-state index contributed by atoms with van der Waals surface area (Å²) in [6, 6.07) is 4.59. The Morgan fingerprint density at radius 2 is 2.25 bits per heavy atom. The molecule has 2 amide bonds. The Labute approximate surface area is 92.0 Å². The van der Waals surface area contributed by atoms with E-state index in [0.29, 0.717) is 24.3 Å². The van der Waals surface area contributed by atoms with Crippen molar-refractivity contribution >= 4 is 17.4 Å². The first-order chi connectivity index (χ1) is 7.59. The van der Waals surface area contributed by atoms with Gasteiger partial charge in [-0.2, -0.15) is 0 Å². The maximum Gasteiger partial charge on any atom is 0.322 e. The Morgan fingerprint density at radius 1 is 1.50 bits per heavy atom. The quantitative estimate of drug-likeness (QED) is 0.606. The Morgan fingerprint density at radius 3 is 2.81 bits per heavy atom. The number of nitrogens with zero attached hydrogens (tertiary/aromatic N) is 2. The van der Waals surface area contributed by atoms with Crippen molar-refractivity contribution in [2.45, 2.75) is 6.92 Å². The summed E-state index contributed by atoms with van der Waals surface area (Å²) in [5.41, 5.74) is 1.19.